The van der Waals surface area contributed by atoms with Gasteiger partial charge in [-0.1, -0.05) is 0 Å². The average molecular weight is 482 g/mol. The number of nitrogens with zero attached hydrogens (tertiary/aromatic N) is 3. The van der Waals surface area contributed by atoms with Crippen molar-refractivity contribution in [1.82, 2.24) is 14.9 Å². The molecule has 2 aromatic rings. The van der Waals surface area contributed by atoms with Crippen LogP contribution in [0.2, 0.25) is 0 Å². The van der Waals surface area contributed by atoms with Gasteiger partial charge in [-0.2, -0.15) is 0 Å². The molecule has 0 radical (unpaired) electrons. The molecule has 30 heavy (non-hydrogen) atoms. The molecule has 3 rings (SSSR count). The number of carbonyl (C=O) groups excluding carboxylic acids is 1. The van der Waals surface area contributed by atoms with Gasteiger partial charge < -0.3 is 25.0 Å². The minimum Gasteiger partial charge on any atom is -0.465 e. The Morgan fingerprint density at radius 3 is 2.77 bits per heavy atom. The molecule has 0 spiro atoms. The van der Waals surface area contributed by atoms with Crippen LogP contribution < -0.4 is 10.2 Å². The Bertz CT molecular complexity index is 955. The standard InChI is InChI=1S/C20H28BrN5O4/c1-11(30-5)18(27)24-14-9-23-17-15(14)16(13(21)8-22-17)25-7-6-12(10-25)26(19(28)29)20(2,3)4/h8-9,11-12H,6-7,10H2,1-5H3,(H,22,23)(H,24,27)(H,28,29)/t11-,12+/m0/s1. The molecule has 0 bridgehead atoms. The van der Waals surface area contributed by atoms with Gasteiger partial charge in [-0.15, -0.1) is 0 Å². The highest BCUT2D eigenvalue weighted by molar-refractivity contribution is 9.10. The number of hydrogen-bond acceptors (Lipinski definition) is 5. The fraction of sp³-hybridized carbons (Fsp3) is 0.550. The predicted octanol–water partition coefficient (Wildman–Crippen LogP) is 3.66. The van der Waals surface area contributed by atoms with Crippen molar-refractivity contribution in [2.75, 3.05) is 30.4 Å². The third-order valence-corrected chi connectivity index (χ3v) is 5.96. The molecule has 2 atom stereocenters. The Morgan fingerprint density at radius 2 is 2.17 bits per heavy atom. The number of nitrogens with one attached hydrogen (secondary N) is 2. The quantitative estimate of drug-likeness (QED) is 0.600. The number of carbonyl (C=O) groups is 2. The number of ether oxygens (including phenoxy) is 1. The molecule has 3 heterocycles. The largest absolute Gasteiger partial charge is 0.465 e. The molecule has 3 N–H and O–H groups in total. The van der Waals surface area contributed by atoms with E-state index in [9.17, 15) is 14.7 Å². The summed E-state index contributed by atoms with van der Waals surface area (Å²) in [5, 5.41) is 13.4. The number of aromatic amines is 1. The SMILES string of the molecule is CO[C@@H](C)C(=O)Nc1c[nH]c2ncc(Br)c(N3CC[C@@H](N(C(=O)O)C(C)(C)C)C3)c12. The molecular weight excluding hydrogens is 454 g/mol. The van der Waals surface area contributed by atoms with Gasteiger partial charge in [0.15, 0.2) is 0 Å². The summed E-state index contributed by atoms with van der Waals surface area (Å²) in [6, 6.07) is -0.136. The topological polar surface area (TPSA) is 111 Å². The molecule has 0 aliphatic carbocycles. The molecule has 2 aromatic heterocycles. The first-order valence-electron chi connectivity index (χ1n) is 9.81. The molecule has 1 aliphatic rings. The van der Waals surface area contributed by atoms with Gasteiger partial charge in [-0.05, 0) is 50.0 Å². The number of anilines is 2. The molecule has 10 heteroatoms. The predicted molar refractivity (Wildman–Crippen MR) is 119 cm³/mol. The third-order valence-electron chi connectivity index (χ3n) is 5.38. The molecule has 1 saturated heterocycles. The summed E-state index contributed by atoms with van der Waals surface area (Å²) in [6.07, 6.45) is 2.62. The van der Waals surface area contributed by atoms with Crippen molar-refractivity contribution in [3.63, 3.8) is 0 Å². The number of halogens is 1. The maximum Gasteiger partial charge on any atom is 0.408 e. The van der Waals surface area contributed by atoms with Crippen molar-refractivity contribution >= 4 is 50.3 Å². The van der Waals surface area contributed by atoms with Gasteiger partial charge in [0.2, 0.25) is 0 Å². The van der Waals surface area contributed by atoms with Gasteiger partial charge >= 0.3 is 6.09 Å². The third kappa shape index (κ3) is 4.24. The van der Waals surface area contributed by atoms with Crippen molar-refractivity contribution in [3.8, 4) is 0 Å². The van der Waals surface area contributed by atoms with Crippen LogP contribution in [-0.2, 0) is 9.53 Å². The maximum absolute atomic E-state index is 12.4. The molecule has 9 nitrogen and oxygen atoms in total. The van der Waals surface area contributed by atoms with E-state index in [1.165, 1.54) is 12.0 Å². The summed E-state index contributed by atoms with van der Waals surface area (Å²) in [7, 11) is 1.48. The molecular formula is C20H28BrN5O4. The van der Waals surface area contributed by atoms with Crippen molar-refractivity contribution in [2.45, 2.75) is 51.8 Å². The van der Waals surface area contributed by atoms with E-state index in [4.69, 9.17) is 4.74 Å². The lowest BCUT2D eigenvalue weighted by molar-refractivity contribution is -0.124. The Labute approximate surface area is 183 Å². The Balaban J connectivity index is 1.96. The Hall–Kier alpha value is -2.33. The van der Waals surface area contributed by atoms with Crippen LogP contribution in [0, 0.1) is 0 Å². The van der Waals surface area contributed by atoms with Crippen LogP contribution in [0.4, 0.5) is 16.2 Å². The van der Waals surface area contributed by atoms with Crippen LogP contribution in [-0.4, -0.2) is 69.9 Å². The van der Waals surface area contributed by atoms with Gasteiger partial charge in [-0.25, -0.2) is 9.78 Å². The average Bonchev–Trinajstić information content (AvgIpc) is 3.27. The molecule has 1 aliphatic heterocycles. The smallest absolute Gasteiger partial charge is 0.408 e. The van der Waals surface area contributed by atoms with Crippen LogP contribution in [0.3, 0.4) is 0 Å². The summed E-state index contributed by atoms with van der Waals surface area (Å²) < 4.78 is 5.88. The lowest BCUT2D eigenvalue weighted by atomic mass is 10.0. The molecule has 2 amide bonds. The zero-order valence-corrected chi connectivity index (χ0v) is 19.4. The second-order valence-corrected chi connectivity index (χ2v) is 9.31. The highest BCUT2D eigenvalue weighted by atomic mass is 79.9. The number of rotatable bonds is 5. The van der Waals surface area contributed by atoms with Gasteiger partial charge in [0.1, 0.15) is 11.8 Å². The van der Waals surface area contributed by atoms with E-state index in [-0.39, 0.29) is 11.9 Å². The van der Waals surface area contributed by atoms with E-state index in [0.29, 0.717) is 30.8 Å². The number of hydrogen-bond donors (Lipinski definition) is 3. The summed E-state index contributed by atoms with van der Waals surface area (Å²) in [5.74, 6) is -0.256. The van der Waals surface area contributed by atoms with Gasteiger partial charge in [-0.3, -0.25) is 9.69 Å². The first-order valence-corrected chi connectivity index (χ1v) is 10.6. The van der Waals surface area contributed by atoms with E-state index in [1.54, 1.807) is 19.3 Å². The fourth-order valence-electron chi connectivity index (χ4n) is 3.95. The Morgan fingerprint density at radius 1 is 1.47 bits per heavy atom. The van der Waals surface area contributed by atoms with Crippen LogP contribution in [0.1, 0.15) is 34.1 Å². The van der Waals surface area contributed by atoms with Crippen LogP contribution in [0.25, 0.3) is 11.0 Å². The highest BCUT2D eigenvalue weighted by Crippen LogP contribution is 2.40. The normalized spacial score (nSPS) is 17.9. The summed E-state index contributed by atoms with van der Waals surface area (Å²) in [4.78, 5) is 35.4. The molecule has 0 unspecified atom stereocenters. The van der Waals surface area contributed by atoms with E-state index < -0.39 is 17.7 Å². The van der Waals surface area contributed by atoms with Crippen LogP contribution >= 0.6 is 15.9 Å². The number of H-pyrrole nitrogens is 1. The number of fused-ring (bicyclic) bond motifs is 1. The van der Waals surface area contributed by atoms with Gasteiger partial charge in [0, 0.05) is 38.1 Å². The highest BCUT2D eigenvalue weighted by Gasteiger charge is 2.38. The number of aromatic nitrogens is 2. The van der Waals surface area contributed by atoms with E-state index in [1.807, 2.05) is 20.8 Å². The second-order valence-electron chi connectivity index (χ2n) is 8.46. The second kappa shape index (κ2) is 8.43. The fourth-order valence-corrected chi connectivity index (χ4v) is 4.50. The summed E-state index contributed by atoms with van der Waals surface area (Å²) in [5.41, 5.74) is 1.63. The summed E-state index contributed by atoms with van der Waals surface area (Å²) in [6.45, 7) is 8.63. The molecule has 164 valence electrons. The number of methoxy groups -OCH3 is 1. The monoisotopic (exact) mass is 481 g/mol. The number of amides is 2. The summed E-state index contributed by atoms with van der Waals surface area (Å²) >= 11 is 3.60. The van der Waals surface area contributed by atoms with Crippen molar-refractivity contribution in [1.29, 1.82) is 0 Å². The minimum absolute atomic E-state index is 0.136. The maximum atomic E-state index is 12.4. The lowest BCUT2D eigenvalue weighted by Gasteiger charge is -2.38. The van der Waals surface area contributed by atoms with Crippen molar-refractivity contribution in [3.05, 3.63) is 16.9 Å². The Kier molecular flexibility index (Phi) is 6.28. The van der Waals surface area contributed by atoms with Gasteiger partial charge in [0.25, 0.3) is 5.91 Å². The molecule has 0 aromatic carbocycles. The first-order chi connectivity index (χ1) is 14.0. The van der Waals surface area contributed by atoms with E-state index in [2.05, 4.69) is 36.1 Å². The number of carboxylic acid groups (broad SMARTS) is 1. The van der Waals surface area contributed by atoms with E-state index in [0.717, 1.165) is 15.5 Å². The molecule has 1 fully saturated rings. The van der Waals surface area contributed by atoms with Crippen LogP contribution in [0.5, 0.6) is 0 Å². The van der Waals surface area contributed by atoms with Crippen molar-refractivity contribution in [2.24, 2.45) is 0 Å². The van der Waals surface area contributed by atoms with Crippen LogP contribution in [0.15, 0.2) is 16.9 Å². The zero-order valence-electron chi connectivity index (χ0n) is 17.8. The first kappa shape index (κ1) is 22.4. The van der Waals surface area contributed by atoms with Crippen molar-refractivity contribution < 1.29 is 19.4 Å². The van der Waals surface area contributed by atoms with Gasteiger partial charge in [0.05, 0.1) is 27.3 Å². The minimum atomic E-state index is -0.920. The number of pyridine rings is 1. The zero-order chi connectivity index (χ0) is 22.2. The molecule has 0 saturated carbocycles. The lowest BCUT2D eigenvalue weighted by Crippen LogP contribution is -2.52. The van der Waals surface area contributed by atoms with E-state index >= 15 is 0 Å².